The Labute approximate surface area is 475 Å². The lowest BCUT2D eigenvalue weighted by atomic mass is 10.0. The first-order valence-electron chi connectivity index (χ1n) is 34.6. The number of hydrogen-bond acceptors (Lipinski definition) is 5. The average Bonchev–Trinajstić information content (AvgIpc) is 3.42. The molecule has 0 saturated heterocycles. The van der Waals surface area contributed by atoms with E-state index >= 15 is 0 Å². The van der Waals surface area contributed by atoms with Crippen LogP contribution < -0.4 is 5.32 Å². The second-order valence-electron chi connectivity index (χ2n) is 23.9. The van der Waals surface area contributed by atoms with Crippen LogP contribution in [0, 0.1) is 0 Å². The van der Waals surface area contributed by atoms with Crippen molar-refractivity contribution < 1.29 is 24.5 Å². The van der Waals surface area contributed by atoms with Crippen molar-refractivity contribution in [1.29, 1.82) is 0 Å². The predicted octanol–water partition coefficient (Wildman–Crippen LogP) is 22.1. The molecule has 0 spiro atoms. The number of aliphatic hydroxyl groups is 2. The van der Waals surface area contributed by atoms with Crippen molar-refractivity contribution >= 4 is 11.9 Å². The van der Waals surface area contributed by atoms with Crippen molar-refractivity contribution in [1.82, 2.24) is 5.32 Å². The standard InChI is InChI=1S/C70H135NO5/c1-3-5-7-9-11-13-15-17-19-21-23-24-25-26-28-30-34-38-42-46-50-54-58-62-68(73)67(66-72)71-69(74)63-59-55-51-47-43-39-35-31-29-33-37-41-45-49-53-57-61-65-76-70(75)64-60-56-52-48-44-40-36-32-27-22-20-18-16-14-12-10-8-6-4-2/h12,14,18,20,67-68,72-73H,3-11,13,15-17,19,21-66H2,1-2H3,(H,71,74)/b14-12-,20-18-. The van der Waals surface area contributed by atoms with E-state index in [-0.39, 0.29) is 18.5 Å². The minimum absolute atomic E-state index is 0.00286. The molecule has 2 atom stereocenters. The highest BCUT2D eigenvalue weighted by Crippen LogP contribution is 2.19. The maximum atomic E-state index is 12.5. The quantitative estimate of drug-likeness (QED) is 0.0320. The average molecular weight is 1070 g/mol. The van der Waals surface area contributed by atoms with Crippen LogP contribution in [0.3, 0.4) is 0 Å². The van der Waals surface area contributed by atoms with E-state index in [9.17, 15) is 19.8 Å². The molecule has 0 aromatic rings. The number of aliphatic hydroxyl groups excluding tert-OH is 2. The molecule has 0 aromatic heterocycles. The lowest BCUT2D eigenvalue weighted by Gasteiger charge is -2.22. The Kier molecular flexibility index (Phi) is 64.4. The molecule has 0 heterocycles. The lowest BCUT2D eigenvalue weighted by molar-refractivity contribution is -0.143. The fourth-order valence-corrected chi connectivity index (χ4v) is 11.0. The molecule has 0 aliphatic carbocycles. The molecule has 1 amide bonds. The van der Waals surface area contributed by atoms with Gasteiger partial charge in [0.1, 0.15) is 0 Å². The Balaban J connectivity index is 3.40. The van der Waals surface area contributed by atoms with Crippen LogP contribution in [-0.2, 0) is 14.3 Å². The van der Waals surface area contributed by atoms with Gasteiger partial charge in [-0.3, -0.25) is 9.59 Å². The molecule has 0 aliphatic heterocycles. The molecule has 3 N–H and O–H groups in total. The largest absolute Gasteiger partial charge is 0.466 e. The number of carbonyl (C=O) groups is 2. The van der Waals surface area contributed by atoms with Gasteiger partial charge in [0.15, 0.2) is 0 Å². The fraction of sp³-hybridized carbons (Fsp3) is 0.914. The highest BCUT2D eigenvalue weighted by Gasteiger charge is 2.20. The van der Waals surface area contributed by atoms with E-state index in [0.29, 0.717) is 25.9 Å². The maximum Gasteiger partial charge on any atom is 0.305 e. The molecule has 76 heavy (non-hydrogen) atoms. The van der Waals surface area contributed by atoms with E-state index in [1.54, 1.807) is 0 Å². The van der Waals surface area contributed by atoms with Crippen LogP contribution in [0.1, 0.15) is 386 Å². The van der Waals surface area contributed by atoms with Crippen molar-refractivity contribution in [3.8, 4) is 0 Å². The number of carbonyl (C=O) groups excluding carboxylic acids is 2. The van der Waals surface area contributed by atoms with Crippen LogP contribution in [0.15, 0.2) is 24.3 Å². The first-order valence-corrected chi connectivity index (χ1v) is 34.6. The molecule has 0 fully saturated rings. The summed E-state index contributed by atoms with van der Waals surface area (Å²) in [5.74, 6) is -0.0330. The smallest absolute Gasteiger partial charge is 0.305 e. The highest BCUT2D eigenvalue weighted by molar-refractivity contribution is 5.76. The molecular formula is C70H135NO5. The van der Waals surface area contributed by atoms with Gasteiger partial charge in [-0.2, -0.15) is 0 Å². The second kappa shape index (κ2) is 65.9. The van der Waals surface area contributed by atoms with Gasteiger partial charge >= 0.3 is 5.97 Å². The van der Waals surface area contributed by atoms with Crippen molar-refractivity contribution in [2.45, 2.75) is 398 Å². The van der Waals surface area contributed by atoms with Crippen LogP contribution in [0.4, 0.5) is 0 Å². The van der Waals surface area contributed by atoms with Gasteiger partial charge < -0.3 is 20.3 Å². The van der Waals surface area contributed by atoms with Crippen LogP contribution in [0.2, 0.25) is 0 Å². The molecule has 450 valence electrons. The summed E-state index contributed by atoms with van der Waals surface area (Å²) in [5.41, 5.74) is 0. The molecule has 0 aromatic carbocycles. The normalized spacial score (nSPS) is 12.6. The van der Waals surface area contributed by atoms with E-state index in [4.69, 9.17) is 4.74 Å². The summed E-state index contributed by atoms with van der Waals surface area (Å²) >= 11 is 0. The maximum absolute atomic E-state index is 12.5. The summed E-state index contributed by atoms with van der Waals surface area (Å²) in [6.07, 6.45) is 82.0. The van der Waals surface area contributed by atoms with Gasteiger partial charge in [0.25, 0.3) is 0 Å². The van der Waals surface area contributed by atoms with Crippen molar-refractivity contribution in [2.75, 3.05) is 13.2 Å². The molecule has 0 radical (unpaired) electrons. The van der Waals surface area contributed by atoms with Gasteiger partial charge in [0.05, 0.1) is 25.4 Å². The predicted molar refractivity (Wildman–Crippen MR) is 333 cm³/mol. The van der Waals surface area contributed by atoms with Crippen LogP contribution >= 0.6 is 0 Å². The van der Waals surface area contributed by atoms with Crippen LogP contribution in [-0.4, -0.2) is 47.4 Å². The highest BCUT2D eigenvalue weighted by atomic mass is 16.5. The summed E-state index contributed by atoms with van der Waals surface area (Å²) in [5, 5.41) is 23.4. The van der Waals surface area contributed by atoms with Crippen LogP contribution in [0.25, 0.3) is 0 Å². The summed E-state index contributed by atoms with van der Waals surface area (Å²) < 4.78 is 5.50. The third kappa shape index (κ3) is 61.6. The minimum atomic E-state index is -0.670. The molecule has 0 saturated carbocycles. The summed E-state index contributed by atoms with van der Waals surface area (Å²) in [6, 6.07) is -0.547. The molecule has 0 bridgehead atoms. The second-order valence-corrected chi connectivity index (χ2v) is 23.9. The monoisotopic (exact) mass is 1070 g/mol. The van der Waals surface area contributed by atoms with Crippen molar-refractivity contribution in [3.63, 3.8) is 0 Å². The van der Waals surface area contributed by atoms with Gasteiger partial charge in [0.2, 0.25) is 5.91 Å². The number of rotatable bonds is 65. The Hall–Kier alpha value is -1.66. The zero-order valence-corrected chi connectivity index (χ0v) is 51.5. The summed E-state index contributed by atoms with van der Waals surface area (Å²) in [7, 11) is 0. The first-order chi connectivity index (χ1) is 37.5. The van der Waals surface area contributed by atoms with Gasteiger partial charge in [-0.25, -0.2) is 0 Å². The van der Waals surface area contributed by atoms with Gasteiger partial charge in [-0.15, -0.1) is 0 Å². The number of ether oxygens (including phenoxy) is 1. The third-order valence-electron chi connectivity index (χ3n) is 16.3. The number of hydrogen-bond donors (Lipinski definition) is 3. The minimum Gasteiger partial charge on any atom is -0.466 e. The molecule has 2 unspecified atom stereocenters. The third-order valence-corrected chi connectivity index (χ3v) is 16.3. The molecule has 6 nitrogen and oxygen atoms in total. The van der Waals surface area contributed by atoms with E-state index in [1.165, 1.54) is 302 Å². The molecule has 0 rings (SSSR count). The fourth-order valence-electron chi connectivity index (χ4n) is 11.0. The number of amides is 1. The number of unbranched alkanes of at least 4 members (excludes halogenated alkanes) is 50. The topological polar surface area (TPSA) is 95.9 Å². The van der Waals surface area contributed by atoms with Crippen molar-refractivity contribution in [2.24, 2.45) is 0 Å². The van der Waals surface area contributed by atoms with E-state index < -0.39 is 12.1 Å². The Morgan fingerprint density at radius 1 is 0.368 bits per heavy atom. The van der Waals surface area contributed by atoms with Crippen LogP contribution in [0.5, 0.6) is 0 Å². The number of nitrogens with one attached hydrogen (secondary N) is 1. The van der Waals surface area contributed by atoms with Gasteiger partial charge in [0, 0.05) is 12.8 Å². The lowest BCUT2D eigenvalue weighted by Crippen LogP contribution is -2.45. The Morgan fingerprint density at radius 3 is 1.03 bits per heavy atom. The number of esters is 1. The molecule has 0 aliphatic rings. The van der Waals surface area contributed by atoms with Gasteiger partial charge in [-0.1, -0.05) is 340 Å². The summed E-state index contributed by atoms with van der Waals surface area (Å²) in [6.45, 7) is 4.95. The molecule has 6 heteroatoms. The van der Waals surface area contributed by atoms with E-state index in [0.717, 1.165) is 51.4 Å². The zero-order valence-electron chi connectivity index (χ0n) is 51.5. The number of allylic oxidation sites excluding steroid dienone is 4. The zero-order chi connectivity index (χ0) is 55.0. The summed E-state index contributed by atoms with van der Waals surface area (Å²) in [4.78, 5) is 24.7. The Morgan fingerprint density at radius 2 is 0.658 bits per heavy atom. The van der Waals surface area contributed by atoms with E-state index in [1.807, 2.05) is 0 Å². The SMILES string of the molecule is CCCCC/C=C\C/C=C\CCCCCCCCCCCC(=O)OCCCCCCCCCCCCCCCCCCCC(=O)NC(CO)C(O)CCCCCCCCCCCCCCCCCCCCCCCCC. The first kappa shape index (κ1) is 74.3. The molecular weight excluding hydrogens is 935 g/mol. The van der Waals surface area contributed by atoms with Crippen molar-refractivity contribution in [3.05, 3.63) is 24.3 Å². The van der Waals surface area contributed by atoms with Gasteiger partial charge in [-0.05, 0) is 57.8 Å². The van der Waals surface area contributed by atoms with E-state index in [2.05, 4.69) is 43.5 Å². The Bertz CT molecular complexity index is 1190.